The van der Waals surface area contributed by atoms with E-state index in [1.165, 1.54) is 0 Å². The van der Waals surface area contributed by atoms with Crippen LogP contribution in [0.5, 0.6) is 5.75 Å². The van der Waals surface area contributed by atoms with Crippen molar-refractivity contribution in [1.82, 2.24) is 0 Å². The lowest BCUT2D eigenvalue weighted by molar-refractivity contribution is 0.173. The number of aliphatic hydroxyl groups excluding tert-OH is 1. The van der Waals surface area contributed by atoms with Crippen LogP contribution in [0.1, 0.15) is 30.6 Å². The van der Waals surface area contributed by atoms with Gasteiger partial charge in [0, 0.05) is 10.6 Å². The van der Waals surface area contributed by atoms with Gasteiger partial charge in [-0.3, -0.25) is 0 Å². The lowest BCUT2D eigenvalue weighted by Gasteiger charge is -2.10. The highest BCUT2D eigenvalue weighted by Crippen LogP contribution is 2.22. The van der Waals surface area contributed by atoms with Crippen molar-refractivity contribution in [2.24, 2.45) is 0 Å². The van der Waals surface area contributed by atoms with Gasteiger partial charge in [0.05, 0.1) is 6.10 Å². The van der Waals surface area contributed by atoms with Gasteiger partial charge in [0.1, 0.15) is 12.4 Å². The number of ether oxygens (including phenoxy) is 1. The quantitative estimate of drug-likeness (QED) is 0.879. The standard InChI is InChI=1S/C16H17ClO2/c1-2-16(18)12-7-9-14(10-8-12)19-11-13-5-3-4-6-15(13)17/h3-10,16,18H,2,11H2,1H3/t16-/m0/s1. The molecule has 0 aromatic heterocycles. The first-order chi connectivity index (χ1) is 9.20. The number of benzene rings is 2. The highest BCUT2D eigenvalue weighted by molar-refractivity contribution is 6.31. The number of rotatable bonds is 5. The van der Waals surface area contributed by atoms with Gasteiger partial charge in [0.15, 0.2) is 0 Å². The summed E-state index contributed by atoms with van der Waals surface area (Å²) in [5, 5.41) is 10.4. The molecule has 0 saturated heterocycles. The third kappa shape index (κ3) is 3.72. The average Bonchev–Trinajstić information content (AvgIpc) is 2.46. The maximum Gasteiger partial charge on any atom is 0.119 e. The second-order valence-electron chi connectivity index (χ2n) is 4.37. The highest BCUT2D eigenvalue weighted by Gasteiger charge is 2.05. The van der Waals surface area contributed by atoms with E-state index in [1.54, 1.807) is 0 Å². The van der Waals surface area contributed by atoms with Gasteiger partial charge < -0.3 is 9.84 Å². The smallest absolute Gasteiger partial charge is 0.119 e. The topological polar surface area (TPSA) is 29.5 Å². The summed E-state index contributed by atoms with van der Waals surface area (Å²) in [6.45, 7) is 2.39. The average molecular weight is 277 g/mol. The lowest BCUT2D eigenvalue weighted by atomic mass is 10.1. The Balaban J connectivity index is 1.99. The maximum atomic E-state index is 9.71. The molecule has 0 saturated carbocycles. The summed E-state index contributed by atoms with van der Waals surface area (Å²) in [4.78, 5) is 0. The number of hydrogen-bond donors (Lipinski definition) is 1. The minimum Gasteiger partial charge on any atom is -0.489 e. The molecular formula is C16H17ClO2. The molecule has 0 amide bonds. The van der Waals surface area contributed by atoms with Crippen LogP contribution in [0, 0.1) is 0 Å². The molecule has 1 N–H and O–H groups in total. The summed E-state index contributed by atoms with van der Waals surface area (Å²) in [5.41, 5.74) is 1.87. The van der Waals surface area contributed by atoms with E-state index in [9.17, 15) is 5.11 Å². The molecule has 19 heavy (non-hydrogen) atoms. The van der Waals surface area contributed by atoms with Crippen LogP contribution >= 0.6 is 11.6 Å². The molecule has 0 aliphatic rings. The first kappa shape index (κ1) is 13.9. The van der Waals surface area contributed by atoms with Crippen LogP contribution in [0.25, 0.3) is 0 Å². The first-order valence-corrected chi connectivity index (χ1v) is 6.72. The third-order valence-corrected chi connectivity index (χ3v) is 3.37. The van der Waals surface area contributed by atoms with Crippen molar-refractivity contribution in [1.29, 1.82) is 0 Å². The molecule has 0 radical (unpaired) electrons. The van der Waals surface area contributed by atoms with Gasteiger partial charge in [0.2, 0.25) is 0 Å². The SMILES string of the molecule is CC[C@H](O)c1ccc(OCc2ccccc2Cl)cc1. The van der Waals surface area contributed by atoms with E-state index in [0.717, 1.165) is 16.9 Å². The van der Waals surface area contributed by atoms with Crippen LogP contribution in [-0.4, -0.2) is 5.11 Å². The van der Waals surface area contributed by atoms with Crippen molar-refractivity contribution in [3.8, 4) is 5.75 Å². The Labute approximate surface area is 118 Å². The normalized spacial score (nSPS) is 12.2. The fourth-order valence-electron chi connectivity index (χ4n) is 1.80. The van der Waals surface area contributed by atoms with Crippen molar-refractivity contribution in [2.45, 2.75) is 26.1 Å². The lowest BCUT2D eigenvalue weighted by Crippen LogP contribution is -1.98. The molecular weight excluding hydrogens is 260 g/mol. The van der Waals surface area contributed by atoms with Gasteiger partial charge in [0.25, 0.3) is 0 Å². The van der Waals surface area contributed by atoms with E-state index in [1.807, 2.05) is 55.5 Å². The molecule has 0 spiro atoms. The zero-order chi connectivity index (χ0) is 13.7. The number of hydrogen-bond acceptors (Lipinski definition) is 2. The number of halogens is 1. The summed E-state index contributed by atoms with van der Waals surface area (Å²) in [5.74, 6) is 0.770. The molecule has 0 aliphatic carbocycles. The monoisotopic (exact) mass is 276 g/mol. The van der Waals surface area contributed by atoms with Crippen molar-refractivity contribution in [3.63, 3.8) is 0 Å². The molecule has 100 valence electrons. The highest BCUT2D eigenvalue weighted by atomic mass is 35.5. The van der Waals surface area contributed by atoms with Crippen molar-refractivity contribution < 1.29 is 9.84 Å². The summed E-state index contributed by atoms with van der Waals surface area (Å²) in [6.07, 6.45) is 0.303. The molecule has 2 aromatic rings. The van der Waals surface area contributed by atoms with E-state index in [0.29, 0.717) is 18.1 Å². The van der Waals surface area contributed by atoms with E-state index >= 15 is 0 Å². The molecule has 0 aliphatic heterocycles. The molecule has 2 nitrogen and oxygen atoms in total. The van der Waals surface area contributed by atoms with Crippen LogP contribution < -0.4 is 4.74 Å². The van der Waals surface area contributed by atoms with E-state index in [4.69, 9.17) is 16.3 Å². The van der Waals surface area contributed by atoms with Crippen LogP contribution in [0.3, 0.4) is 0 Å². The summed E-state index contributed by atoms with van der Waals surface area (Å²) >= 11 is 6.06. The second kappa shape index (κ2) is 6.60. The van der Waals surface area contributed by atoms with Crippen LogP contribution in [0.15, 0.2) is 48.5 Å². The fourth-order valence-corrected chi connectivity index (χ4v) is 1.99. The Morgan fingerprint density at radius 1 is 1.11 bits per heavy atom. The predicted octanol–water partition coefficient (Wildman–Crippen LogP) is 4.36. The van der Waals surface area contributed by atoms with Gasteiger partial charge >= 0.3 is 0 Å². The fraction of sp³-hybridized carbons (Fsp3) is 0.250. The van der Waals surface area contributed by atoms with E-state index in [2.05, 4.69) is 0 Å². The van der Waals surface area contributed by atoms with Gasteiger partial charge in [-0.1, -0.05) is 48.9 Å². The molecule has 0 unspecified atom stereocenters. The Bertz CT molecular complexity index is 523. The summed E-state index contributed by atoms with van der Waals surface area (Å²) < 4.78 is 5.68. The Morgan fingerprint density at radius 2 is 1.79 bits per heavy atom. The van der Waals surface area contributed by atoms with Gasteiger partial charge in [-0.2, -0.15) is 0 Å². The third-order valence-electron chi connectivity index (χ3n) is 3.00. The Kier molecular flexibility index (Phi) is 4.83. The molecule has 3 heteroatoms. The zero-order valence-electron chi connectivity index (χ0n) is 10.8. The minimum atomic E-state index is -0.405. The second-order valence-corrected chi connectivity index (χ2v) is 4.78. The molecule has 2 aromatic carbocycles. The van der Waals surface area contributed by atoms with Crippen molar-refractivity contribution in [2.75, 3.05) is 0 Å². The zero-order valence-corrected chi connectivity index (χ0v) is 11.6. The van der Waals surface area contributed by atoms with E-state index in [-0.39, 0.29) is 0 Å². The first-order valence-electron chi connectivity index (χ1n) is 6.35. The predicted molar refractivity (Wildman–Crippen MR) is 77.5 cm³/mol. The molecule has 0 fully saturated rings. The van der Waals surface area contributed by atoms with Crippen LogP contribution in [0.4, 0.5) is 0 Å². The Morgan fingerprint density at radius 3 is 2.42 bits per heavy atom. The van der Waals surface area contributed by atoms with Gasteiger partial charge in [-0.25, -0.2) is 0 Å². The molecule has 0 bridgehead atoms. The maximum absolute atomic E-state index is 9.71. The van der Waals surface area contributed by atoms with Crippen molar-refractivity contribution >= 4 is 11.6 Å². The summed E-state index contributed by atoms with van der Waals surface area (Å²) in [7, 11) is 0. The molecule has 2 rings (SSSR count). The number of aliphatic hydroxyl groups is 1. The van der Waals surface area contributed by atoms with Gasteiger partial charge in [-0.05, 0) is 30.2 Å². The van der Waals surface area contributed by atoms with E-state index < -0.39 is 6.10 Å². The summed E-state index contributed by atoms with van der Waals surface area (Å²) in [6, 6.07) is 15.1. The van der Waals surface area contributed by atoms with Crippen molar-refractivity contribution in [3.05, 3.63) is 64.7 Å². The van der Waals surface area contributed by atoms with Gasteiger partial charge in [-0.15, -0.1) is 0 Å². The Hall–Kier alpha value is -1.51. The molecule has 0 heterocycles. The molecule has 1 atom stereocenters. The minimum absolute atomic E-state index is 0.405. The van der Waals surface area contributed by atoms with Crippen LogP contribution in [0.2, 0.25) is 5.02 Å². The van der Waals surface area contributed by atoms with Crippen LogP contribution in [-0.2, 0) is 6.61 Å². The largest absolute Gasteiger partial charge is 0.489 e.